The third-order valence-electron chi connectivity index (χ3n) is 6.60. The van der Waals surface area contributed by atoms with E-state index in [0.717, 1.165) is 28.6 Å². The topological polar surface area (TPSA) is 32.8 Å². The summed E-state index contributed by atoms with van der Waals surface area (Å²) in [4.78, 5) is 0. The van der Waals surface area contributed by atoms with Gasteiger partial charge in [-0.3, -0.25) is 4.57 Å². The van der Waals surface area contributed by atoms with E-state index < -0.39 is 21.6 Å². The van der Waals surface area contributed by atoms with Gasteiger partial charge < -0.3 is 4.43 Å². The number of hydrogen-bond donors (Lipinski definition) is 0. The van der Waals surface area contributed by atoms with Gasteiger partial charge in [-0.1, -0.05) is 112 Å². The van der Waals surface area contributed by atoms with Crippen molar-refractivity contribution in [1.82, 2.24) is 9.34 Å². The molecule has 1 aliphatic rings. The van der Waals surface area contributed by atoms with Gasteiger partial charge in [0.1, 0.15) is 5.85 Å². The van der Waals surface area contributed by atoms with Crippen molar-refractivity contribution in [2.24, 2.45) is 5.41 Å². The first-order chi connectivity index (χ1) is 15.7. The Kier molecular flexibility index (Phi) is 6.81. The van der Waals surface area contributed by atoms with Gasteiger partial charge in [0.15, 0.2) is 0 Å². The minimum atomic E-state index is -3.00. The second-order valence-corrected chi connectivity index (χ2v) is 16.3. The number of benzene rings is 3. The Morgan fingerprint density at radius 1 is 0.727 bits per heavy atom. The van der Waals surface area contributed by atoms with Crippen LogP contribution in [0.15, 0.2) is 91.0 Å². The highest BCUT2D eigenvalue weighted by atomic mass is 31.2. The van der Waals surface area contributed by atoms with Gasteiger partial charge >= 0.3 is 0 Å². The Morgan fingerprint density at radius 2 is 1.06 bits per heavy atom. The fraction of sp³-hybridized carbons (Fsp3) is 0.333. The lowest BCUT2D eigenvalue weighted by molar-refractivity contribution is 0.141. The highest BCUT2D eigenvalue weighted by Gasteiger charge is 2.55. The van der Waals surface area contributed by atoms with Gasteiger partial charge in [0.25, 0.3) is 8.32 Å². The molecule has 0 aliphatic carbocycles. The molecule has 0 aromatic heterocycles. The van der Waals surface area contributed by atoms with Gasteiger partial charge in [-0.2, -0.15) is 0 Å². The molecule has 0 amide bonds. The van der Waals surface area contributed by atoms with E-state index in [9.17, 15) is 4.57 Å². The van der Waals surface area contributed by atoms with E-state index in [1.807, 2.05) is 41.6 Å². The number of rotatable bonds is 6. The predicted octanol–water partition coefficient (Wildman–Crippen LogP) is 4.11. The van der Waals surface area contributed by atoms with Crippen molar-refractivity contribution in [3.63, 3.8) is 0 Å². The van der Waals surface area contributed by atoms with E-state index in [1.165, 1.54) is 0 Å². The monoisotopic (exact) mass is 478 g/mol. The summed E-state index contributed by atoms with van der Waals surface area (Å²) in [5.41, 5.74) is -0.334. The summed E-state index contributed by atoms with van der Waals surface area (Å²) in [6, 6.07) is 31.6. The van der Waals surface area contributed by atoms with Crippen molar-refractivity contribution < 1.29 is 8.99 Å². The molecule has 3 aromatic carbocycles. The van der Waals surface area contributed by atoms with Crippen LogP contribution in [-0.4, -0.2) is 50.7 Å². The molecule has 4 nitrogen and oxygen atoms in total. The number of likely N-dealkylation sites (N-methyl/N-ethyl adjacent to an activating group) is 2. The van der Waals surface area contributed by atoms with Crippen LogP contribution in [0.25, 0.3) is 0 Å². The molecule has 0 saturated carbocycles. The van der Waals surface area contributed by atoms with E-state index in [0.29, 0.717) is 0 Å². The lowest BCUT2D eigenvalue weighted by Gasteiger charge is -2.46. The Balaban J connectivity index is 2.01. The first kappa shape index (κ1) is 24.1. The van der Waals surface area contributed by atoms with Gasteiger partial charge in [-0.15, -0.1) is 0 Å². The van der Waals surface area contributed by atoms with E-state index in [-0.39, 0.29) is 5.41 Å². The largest absolute Gasteiger partial charge is 0.391 e. The lowest BCUT2D eigenvalue weighted by atomic mass is 9.98. The summed E-state index contributed by atoms with van der Waals surface area (Å²) in [7, 11) is -2.01. The van der Waals surface area contributed by atoms with Crippen molar-refractivity contribution in [3.05, 3.63) is 91.0 Å². The molecule has 6 heteroatoms. The SMILES string of the molecule is CN1CCN(C)P1(=O)C(O[Si](c1ccccc1)(c1ccccc1)c1ccccc1)C(C)(C)C. The van der Waals surface area contributed by atoms with Gasteiger partial charge in [-0.05, 0) is 35.1 Å². The van der Waals surface area contributed by atoms with Crippen LogP contribution in [-0.2, 0) is 8.99 Å². The molecule has 3 aromatic rings. The molecule has 1 heterocycles. The third-order valence-corrected chi connectivity index (χ3v) is 14.7. The van der Waals surface area contributed by atoms with E-state index in [2.05, 4.69) is 93.6 Å². The smallest absolute Gasteiger partial charge is 0.289 e. The Hall–Kier alpha value is -2.01. The first-order valence-corrected chi connectivity index (χ1v) is 15.2. The summed E-state index contributed by atoms with van der Waals surface area (Å²) >= 11 is 0. The first-order valence-electron chi connectivity index (χ1n) is 11.6. The standard InChI is InChI=1S/C27H35N2O2PSi/c1-27(2,3)26(32(30)28(4)21-22-29(32)5)31-33(23-15-9-6-10-16-23,24-17-11-7-12-18-24)25-19-13-8-14-20-25/h6-20,26H,21-22H2,1-5H3. The predicted molar refractivity (Wildman–Crippen MR) is 141 cm³/mol. The van der Waals surface area contributed by atoms with Crippen molar-refractivity contribution in [2.45, 2.75) is 26.6 Å². The Labute approximate surface area is 199 Å². The van der Waals surface area contributed by atoms with Crippen LogP contribution in [0.2, 0.25) is 0 Å². The fourth-order valence-corrected chi connectivity index (χ4v) is 12.9. The molecule has 1 saturated heterocycles. The molecule has 1 aliphatic heterocycles. The van der Waals surface area contributed by atoms with E-state index >= 15 is 0 Å². The maximum atomic E-state index is 14.7. The summed E-state index contributed by atoms with van der Waals surface area (Å²) in [5.74, 6) is -0.463. The molecule has 0 N–H and O–H groups in total. The van der Waals surface area contributed by atoms with Gasteiger partial charge in [0.2, 0.25) is 7.44 Å². The van der Waals surface area contributed by atoms with Crippen LogP contribution >= 0.6 is 7.44 Å². The molecule has 1 fully saturated rings. The summed E-state index contributed by atoms with van der Waals surface area (Å²) in [6.45, 7) is 8.01. The molecule has 33 heavy (non-hydrogen) atoms. The second-order valence-electron chi connectivity index (χ2n) is 9.97. The molecule has 0 bridgehead atoms. The highest BCUT2D eigenvalue weighted by Crippen LogP contribution is 2.63. The molecular weight excluding hydrogens is 443 g/mol. The van der Waals surface area contributed by atoms with Gasteiger partial charge in [0.05, 0.1) is 0 Å². The third kappa shape index (κ3) is 4.29. The molecule has 0 spiro atoms. The van der Waals surface area contributed by atoms with Crippen LogP contribution in [0.4, 0.5) is 0 Å². The molecule has 1 atom stereocenters. The van der Waals surface area contributed by atoms with Crippen LogP contribution in [0.5, 0.6) is 0 Å². The molecule has 174 valence electrons. The van der Waals surface area contributed by atoms with Crippen molar-refractivity contribution >= 4 is 31.3 Å². The normalized spacial score (nSPS) is 18.3. The van der Waals surface area contributed by atoms with Gasteiger partial charge in [-0.25, -0.2) is 9.34 Å². The average molecular weight is 479 g/mol. The van der Waals surface area contributed by atoms with Crippen LogP contribution in [0, 0.1) is 5.41 Å². The maximum Gasteiger partial charge on any atom is 0.289 e. The zero-order valence-electron chi connectivity index (χ0n) is 20.3. The molecule has 0 radical (unpaired) electrons. The molecule has 4 rings (SSSR count). The van der Waals surface area contributed by atoms with Gasteiger partial charge in [0, 0.05) is 13.1 Å². The second kappa shape index (κ2) is 9.32. The minimum Gasteiger partial charge on any atom is -0.391 e. The lowest BCUT2D eigenvalue weighted by Crippen LogP contribution is -2.71. The summed E-state index contributed by atoms with van der Waals surface area (Å²) in [6.07, 6.45) is 0. The summed E-state index contributed by atoms with van der Waals surface area (Å²) < 4.78 is 26.3. The molecule has 1 unspecified atom stereocenters. The average Bonchev–Trinajstić information content (AvgIpc) is 3.08. The van der Waals surface area contributed by atoms with Crippen molar-refractivity contribution in [1.29, 1.82) is 0 Å². The van der Waals surface area contributed by atoms with Crippen LogP contribution in [0.3, 0.4) is 0 Å². The Morgan fingerprint density at radius 3 is 1.36 bits per heavy atom. The van der Waals surface area contributed by atoms with Crippen LogP contribution < -0.4 is 15.6 Å². The quantitative estimate of drug-likeness (QED) is 0.303. The van der Waals surface area contributed by atoms with Crippen LogP contribution in [0.1, 0.15) is 20.8 Å². The van der Waals surface area contributed by atoms with E-state index in [1.54, 1.807) is 0 Å². The zero-order chi connectivity index (χ0) is 23.7. The van der Waals surface area contributed by atoms with Crippen molar-refractivity contribution in [2.75, 3.05) is 27.2 Å². The zero-order valence-corrected chi connectivity index (χ0v) is 22.2. The Bertz CT molecular complexity index is 993. The highest BCUT2D eigenvalue weighted by molar-refractivity contribution is 7.60. The fourth-order valence-electron chi connectivity index (χ4n) is 4.83. The molecular formula is C27H35N2O2PSi. The maximum absolute atomic E-state index is 14.7. The minimum absolute atomic E-state index is 0.334. The van der Waals surface area contributed by atoms with E-state index in [4.69, 9.17) is 4.43 Å². The van der Waals surface area contributed by atoms with Crippen molar-refractivity contribution in [3.8, 4) is 0 Å². The number of hydrogen-bond acceptors (Lipinski definition) is 2. The summed E-state index contributed by atoms with van der Waals surface area (Å²) in [5, 5.41) is 3.48. The number of nitrogens with zero attached hydrogens (tertiary/aromatic N) is 2.